The third-order valence-corrected chi connectivity index (χ3v) is 3.16. The van der Waals surface area contributed by atoms with Gasteiger partial charge >= 0.3 is 0 Å². The first kappa shape index (κ1) is 10.6. The zero-order valence-electron chi connectivity index (χ0n) is 8.35. The number of fused-ring (bicyclic) bond motifs is 1. The molecule has 0 heterocycles. The van der Waals surface area contributed by atoms with Gasteiger partial charge in [-0.05, 0) is 63.0 Å². The van der Waals surface area contributed by atoms with Gasteiger partial charge in [0.1, 0.15) is 5.82 Å². The molecule has 2 aromatic rings. The third-order valence-electron chi connectivity index (χ3n) is 2.55. The fourth-order valence-electron chi connectivity index (χ4n) is 1.68. The average Bonchev–Trinajstić information content (AvgIpc) is 2.20. The molecule has 2 N–H and O–H groups in total. The Morgan fingerprint density at radius 2 is 1.87 bits per heavy atom. The molecule has 2 rings (SSSR count). The zero-order chi connectivity index (χ0) is 11.0. The average molecular weight is 268 g/mol. The smallest absolute Gasteiger partial charge is 0.138 e. The maximum atomic E-state index is 13.3. The van der Waals surface area contributed by atoms with E-state index in [0.717, 1.165) is 21.9 Å². The molecule has 78 valence electrons. The highest BCUT2D eigenvalue weighted by molar-refractivity contribution is 9.10. The van der Waals surface area contributed by atoms with Crippen molar-refractivity contribution in [2.24, 2.45) is 5.73 Å². The van der Waals surface area contributed by atoms with Crippen molar-refractivity contribution in [1.82, 2.24) is 0 Å². The summed E-state index contributed by atoms with van der Waals surface area (Å²) in [5.41, 5.74) is 7.81. The summed E-state index contributed by atoms with van der Waals surface area (Å²) in [5.74, 6) is -0.241. The molecule has 0 radical (unpaired) electrons. The van der Waals surface area contributed by atoms with E-state index in [1.165, 1.54) is 6.07 Å². The lowest BCUT2D eigenvalue weighted by Crippen LogP contribution is -1.99. The van der Waals surface area contributed by atoms with Gasteiger partial charge in [0.2, 0.25) is 0 Å². The van der Waals surface area contributed by atoms with Crippen LogP contribution in [0, 0.1) is 12.7 Å². The van der Waals surface area contributed by atoms with Gasteiger partial charge in [-0.1, -0.05) is 6.07 Å². The molecule has 0 aliphatic heterocycles. The van der Waals surface area contributed by atoms with Gasteiger partial charge in [-0.2, -0.15) is 0 Å². The van der Waals surface area contributed by atoms with E-state index >= 15 is 0 Å². The highest BCUT2D eigenvalue weighted by Gasteiger charge is 2.04. The van der Waals surface area contributed by atoms with Crippen LogP contribution in [0.5, 0.6) is 0 Å². The number of nitrogens with two attached hydrogens (primary N) is 1. The van der Waals surface area contributed by atoms with Crippen molar-refractivity contribution < 1.29 is 4.39 Å². The molecule has 0 aliphatic carbocycles. The molecular weight excluding hydrogens is 257 g/mol. The minimum atomic E-state index is -0.241. The topological polar surface area (TPSA) is 26.0 Å². The second-order valence-corrected chi connectivity index (χ2v) is 4.45. The lowest BCUT2D eigenvalue weighted by atomic mass is 10.0. The van der Waals surface area contributed by atoms with Crippen molar-refractivity contribution in [3.63, 3.8) is 0 Å². The van der Waals surface area contributed by atoms with Crippen molar-refractivity contribution in [3.8, 4) is 0 Å². The number of halogens is 2. The van der Waals surface area contributed by atoms with Crippen molar-refractivity contribution >= 4 is 26.7 Å². The Bertz CT molecular complexity index is 523. The molecule has 0 spiro atoms. The Kier molecular flexibility index (Phi) is 2.76. The number of benzene rings is 2. The van der Waals surface area contributed by atoms with Gasteiger partial charge in [-0.3, -0.25) is 0 Å². The van der Waals surface area contributed by atoms with Crippen molar-refractivity contribution in [3.05, 3.63) is 45.7 Å². The molecule has 0 saturated carbocycles. The molecule has 0 atom stereocenters. The molecule has 0 amide bonds. The van der Waals surface area contributed by atoms with Crippen molar-refractivity contribution in [1.29, 1.82) is 0 Å². The number of rotatable bonds is 1. The van der Waals surface area contributed by atoms with E-state index < -0.39 is 0 Å². The zero-order valence-corrected chi connectivity index (χ0v) is 9.94. The molecule has 2 aromatic carbocycles. The van der Waals surface area contributed by atoms with Crippen LogP contribution in [0.15, 0.2) is 28.7 Å². The van der Waals surface area contributed by atoms with E-state index in [0.29, 0.717) is 11.0 Å². The Morgan fingerprint density at radius 3 is 2.53 bits per heavy atom. The van der Waals surface area contributed by atoms with Crippen LogP contribution in [0.25, 0.3) is 10.8 Å². The maximum Gasteiger partial charge on any atom is 0.138 e. The number of aryl methyl sites for hydroxylation is 1. The SMILES string of the molecule is Cc1cc2cc(Br)c(F)cc2cc1CN. The summed E-state index contributed by atoms with van der Waals surface area (Å²) in [4.78, 5) is 0. The van der Waals surface area contributed by atoms with E-state index in [9.17, 15) is 4.39 Å². The molecule has 0 aromatic heterocycles. The molecule has 0 unspecified atom stereocenters. The van der Waals surface area contributed by atoms with Crippen LogP contribution in [0.1, 0.15) is 11.1 Å². The fraction of sp³-hybridized carbons (Fsp3) is 0.167. The molecule has 0 bridgehead atoms. The van der Waals surface area contributed by atoms with Crippen molar-refractivity contribution in [2.75, 3.05) is 0 Å². The lowest BCUT2D eigenvalue weighted by Gasteiger charge is -2.07. The molecule has 1 nitrogen and oxygen atoms in total. The molecule has 0 aliphatic rings. The fourth-order valence-corrected chi connectivity index (χ4v) is 2.04. The molecule has 3 heteroatoms. The van der Waals surface area contributed by atoms with Gasteiger partial charge in [0.15, 0.2) is 0 Å². The van der Waals surface area contributed by atoms with E-state index in [1.807, 2.05) is 19.1 Å². The summed E-state index contributed by atoms with van der Waals surface area (Å²) in [6, 6.07) is 7.29. The van der Waals surface area contributed by atoms with Gasteiger partial charge in [0, 0.05) is 6.54 Å². The lowest BCUT2D eigenvalue weighted by molar-refractivity contribution is 0.623. The number of hydrogen-bond donors (Lipinski definition) is 1. The second-order valence-electron chi connectivity index (χ2n) is 3.60. The predicted octanol–water partition coefficient (Wildman–Crippen LogP) is 3.51. The second kappa shape index (κ2) is 3.91. The Labute approximate surface area is 96.2 Å². The summed E-state index contributed by atoms with van der Waals surface area (Å²) >= 11 is 3.18. The van der Waals surface area contributed by atoms with Crippen LogP contribution in [0.2, 0.25) is 0 Å². The predicted molar refractivity (Wildman–Crippen MR) is 64.2 cm³/mol. The van der Waals surface area contributed by atoms with Gasteiger partial charge in [0.05, 0.1) is 4.47 Å². The first-order valence-corrected chi connectivity index (χ1v) is 5.49. The number of hydrogen-bond acceptors (Lipinski definition) is 1. The third kappa shape index (κ3) is 1.90. The van der Waals surface area contributed by atoms with Gasteiger partial charge in [-0.15, -0.1) is 0 Å². The van der Waals surface area contributed by atoms with Crippen LogP contribution in [0.3, 0.4) is 0 Å². The summed E-state index contributed by atoms with van der Waals surface area (Å²) < 4.78 is 13.8. The first-order valence-electron chi connectivity index (χ1n) is 4.70. The molecular formula is C12H11BrFN. The summed E-state index contributed by atoms with van der Waals surface area (Å²) in [7, 11) is 0. The minimum Gasteiger partial charge on any atom is -0.326 e. The molecule has 0 saturated heterocycles. The van der Waals surface area contributed by atoms with Crippen LogP contribution in [0.4, 0.5) is 4.39 Å². The van der Waals surface area contributed by atoms with Crippen LogP contribution >= 0.6 is 15.9 Å². The van der Waals surface area contributed by atoms with Gasteiger partial charge in [0.25, 0.3) is 0 Å². The largest absolute Gasteiger partial charge is 0.326 e. The Hall–Kier alpha value is -0.930. The normalized spacial score (nSPS) is 10.9. The Balaban J connectivity index is 2.76. The van der Waals surface area contributed by atoms with Crippen LogP contribution < -0.4 is 5.73 Å². The summed E-state index contributed by atoms with van der Waals surface area (Å²) in [6.07, 6.45) is 0. The Morgan fingerprint density at radius 1 is 1.20 bits per heavy atom. The first-order chi connectivity index (χ1) is 7.11. The van der Waals surface area contributed by atoms with Crippen LogP contribution in [-0.2, 0) is 6.54 Å². The van der Waals surface area contributed by atoms with E-state index in [4.69, 9.17) is 5.73 Å². The minimum absolute atomic E-state index is 0.241. The van der Waals surface area contributed by atoms with Crippen LogP contribution in [-0.4, -0.2) is 0 Å². The van der Waals surface area contributed by atoms with E-state index in [-0.39, 0.29) is 5.82 Å². The standard InChI is InChI=1S/C12H11BrFN/c1-7-2-8-4-11(13)12(14)5-9(8)3-10(7)6-15/h2-5H,6,15H2,1H3. The van der Waals surface area contributed by atoms with Gasteiger partial charge in [-0.25, -0.2) is 4.39 Å². The highest BCUT2D eigenvalue weighted by Crippen LogP contribution is 2.25. The molecule has 15 heavy (non-hydrogen) atoms. The maximum absolute atomic E-state index is 13.3. The van der Waals surface area contributed by atoms with E-state index in [1.54, 1.807) is 6.07 Å². The quantitative estimate of drug-likeness (QED) is 0.841. The highest BCUT2D eigenvalue weighted by atomic mass is 79.9. The monoisotopic (exact) mass is 267 g/mol. The molecule has 0 fully saturated rings. The summed E-state index contributed by atoms with van der Waals surface area (Å²) in [6.45, 7) is 2.50. The summed E-state index contributed by atoms with van der Waals surface area (Å²) in [5, 5.41) is 1.92. The van der Waals surface area contributed by atoms with Crippen molar-refractivity contribution in [2.45, 2.75) is 13.5 Å². The van der Waals surface area contributed by atoms with Gasteiger partial charge < -0.3 is 5.73 Å². The van der Waals surface area contributed by atoms with E-state index in [2.05, 4.69) is 15.9 Å².